The first-order valence-corrected chi connectivity index (χ1v) is 6.88. The summed E-state index contributed by atoms with van der Waals surface area (Å²) >= 11 is 15.0. The van der Waals surface area contributed by atoms with Crippen LogP contribution < -0.4 is 0 Å². The third-order valence-electron chi connectivity index (χ3n) is 2.36. The van der Waals surface area contributed by atoms with Gasteiger partial charge in [0.05, 0.1) is 20.2 Å². The number of rotatable bonds is 2. The summed E-state index contributed by atoms with van der Waals surface area (Å²) in [6, 6.07) is 8.48. The number of halogens is 3. The molecule has 0 heterocycles. The molecule has 0 spiro atoms. The van der Waals surface area contributed by atoms with Crippen molar-refractivity contribution in [3.8, 4) is 5.75 Å². The van der Waals surface area contributed by atoms with Crippen molar-refractivity contribution in [2.75, 3.05) is 0 Å². The zero-order chi connectivity index (χ0) is 14.0. The maximum absolute atomic E-state index is 9.85. The topological polar surface area (TPSA) is 45.0 Å². The Morgan fingerprint density at radius 3 is 2.47 bits per heavy atom. The highest BCUT2D eigenvalue weighted by Crippen LogP contribution is 2.36. The molecule has 0 saturated carbocycles. The van der Waals surface area contributed by atoms with E-state index in [1.165, 1.54) is 0 Å². The predicted octanol–water partition coefficient (Wildman–Crippen LogP) is 6.19. The molecule has 98 valence electrons. The Morgan fingerprint density at radius 2 is 1.79 bits per heavy atom. The van der Waals surface area contributed by atoms with Gasteiger partial charge >= 0.3 is 0 Å². The van der Waals surface area contributed by atoms with Crippen LogP contribution >= 0.6 is 39.1 Å². The van der Waals surface area contributed by atoms with E-state index < -0.39 is 0 Å². The van der Waals surface area contributed by atoms with E-state index in [0.717, 1.165) is 5.56 Å². The molecule has 0 fully saturated rings. The lowest BCUT2D eigenvalue weighted by Crippen LogP contribution is -1.75. The molecule has 0 aromatic heterocycles. The second-order valence-electron chi connectivity index (χ2n) is 3.91. The lowest BCUT2D eigenvalue weighted by molar-refractivity contribution is 0.473. The minimum absolute atomic E-state index is 0.0504. The summed E-state index contributed by atoms with van der Waals surface area (Å²) in [6.07, 6.45) is 0. The maximum atomic E-state index is 9.85. The molecule has 0 atom stereocenters. The summed E-state index contributed by atoms with van der Waals surface area (Å²) in [4.78, 5) is 0. The standard InChI is InChI=1S/C13H9BrCl2N2O/c1-7-4-9(14)13(19)12(5-7)18-17-8-2-3-10(15)11(16)6-8/h2-6,19H,1H3. The first-order chi connectivity index (χ1) is 8.97. The summed E-state index contributed by atoms with van der Waals surface area (Å²) in [5.74, 6) is 0.0504. The molecule has 0 radical (unpaired) electrons. The number of hydrogen-bond acceptors (Lipinski definition) is 3. The number of aromatic hydroxyl groups is 1. The van der Waals surface area contributed by atoms with Crippen LogP contribution in [0.1, 0.15) is 5.56 Å². The lowest BCUT2D eigenvalue weighted by Gasteiger charge is -2.02. The molecule has 0 unspecified atom stereocenters. The van der Waals surface area contributed by atoms with Crippen molar-refractivity contribution in [1.82, 2.24) is 0 Å². The lowest BCUT2D eigenvalue weighted by atomic mass is 10.2. The summed E-state index contributed by atoms with van der Waals surface area (Å²) in [5.41, 5.74) is 1.91. The Kier molecular flexibility index (Phi) is 4.45. The number of aryl methyl sites for hydroxylation is 1. The zero-order valence-corrected chi connectivity index (χ0v) is 13.0. The van der Waals surface area contributed by atoms with E-state index in [1.807, 2.05) is 6.92 Å². The number of hydrogen-bond donors (Lipinski definition) is 1. The minimum Gasteiger partial charge on any atom is -0.505 e. The number of phenols is 1. The third-order valence-corrected chi connectivity index (χ3v) is 3.71. The summed E-state index contributed by atoms with van der Waals surface area (Å²) < 4.78 is 0.579. The molecule has 0 amide bonds. The van der Waals surface area contributed by atoms with Crippen LogP contribution in [0.15, 0.2) is 45.0 Å². The Balaban J connectivity index is 2.35. The molecule has 0 bridgehead atoms. The van der Waals surface area contributed by atoms with Crippen LogP contribution in [0.5, 0.6) is 5.75 Å². The first kappa shape index (κ1) is 14.3. The molecule has 0 aliphatic heterocycles. The van der Waals surface area contributed by atoms with Gasteiger partial charge in [-0.15, -0.1) is 5.11 Å². The quantitative estimate of drug-likeness (QED) is 0.638. The van der Waals surface area contributed by atoms with Crippen molar-refractivity contribution in [3.63, 3.8) is 0 Å². The van der Waals surface area contributed by atoms with Crippen LogP contribution in [0.4, 0.5) is 11.4 Å². The van der Waals surface area contributed by atoms with Crippen molar-refractivity contribution in [1.29, 1.82) is 0 Å². The molecule has 2 aromatic rings. The minimum atomic E-state index is 0.0504. The average molecular weight is 360 g/mol. The molecule has 2 rings (SSSR count). The van der Waals surface area contributed by atoms with E-state index in [9.17, 15) is 5.11 Å². The van der Waals surface area contributed by atoms with Gasteiger partial charge in [-0.3, -0.25) is 0 Å². The molecule has 0 saturated heterocycles. The van der Waals surface area contributed by atoms with Crippen LogP contribution in [-0.2, 0) is 0 Å². The van der Waals surface area contributed by atoms with E-state index in [-0.39, 0.29) is 5.75 Å². The van der Waals surface area contributed by atoms with Crippen molar-refractivity contribution < 1.29 is 5.11 Å². The van der Waals surface area contributed by atoms with Crippen molar-refractivity contribution in [3.05, 3.63) is 50.4 Å². The van der Waals surface area contributed by atoms with Crippen LogP contribution in [0.25, 0.3) is 0 Å². The Hall–Kier alpha value is -1.10. The SMILES string of the molecule is Cc1cc(Br)c(O)c(N=Nc2ccc(Cl)c(Cl)c2)c1. The molecular weight excluding hydrogens is 351 g/mol. The van der Waals surface area contributed by atoms with E-state index in [2.05, 4.69) is 26.2 Å². The van der Waals surface area contributed by atoms with E-state index in [1.54, 1.807) is 30.3 Å². The number of benzene rings is 2. The fourth-order valence-corrected chi connectivity index (χ4v) is 2.31. The number of azo groups is 1. The number of phenolic OH excluding ortho intramolecular Hbond substituents is 1. The second-order valence-corrected chi connectivity index (χ2v) is 5.58. The molecule has 0 aliphatic carbocycles. The van der Waals surface area contributed by atoms with Gasteiger partial charge in [0.2, 0.25) is 0 Å². The van der Waals surface area contributed by atoms with Gasteiger partial charge in [-0.1, -0.05) is 23.2 Å². The molecule has 0 aliphatic rings. The normalized spacial score (nSPS) is 11.2. The van der Waals surface area contributed by atoms with Crippen LogP contribution in [-0.4, -0.2) is 5.11 Å². The maximum Gasteiger partial charge on any atom is 0.157 e. The van der Waals surface area contributed by atoms with Gasteiger partial charge in [-0.25, -0.2) is 0 Å². The number of nitrogens with zero attached hydrogens (tertiary/aromatic N) is 2. The third kappa shape index (κ3) is 3.47. The average Bonchev–Trinajstić information content (AvgIpc) is 2.36. The molecule has 1 N–H and O–H groups in total. The fourth-order valence-electron chi connectivity index (χ4n) is 1.45. The Labute approximate surface area is 129 Å². The van der Waals surface area contributed by atoms with Gasteiger partial charge in [0.15, 0.2) is 5.75 Å². The van der Waals surface area contributed by atoms with Crippen molar-refractivity contribution >= 4 is 50.5 Å². The fraction of sp³-hybridized carbons (Fsp3) is 0.0769. The summed E-state index contributed by atoms with van der Waals surface area (Å²) in [7, 11) is 0. The molecular formula is C13H9BrCl2N2O. The molecule has 3 nitrogen and oxygen atoms in total. The summed E-state index contributed by atoms with van der Waals surface area (Å²) in [6.45, 7) is 1.91. The highest BCUT2D eigenvalue weighted by molar-refractivity contribution is 9.10. The summed E-state index contributed by atoms with van der Waals surface area (Å²) in [5, 5.41) is 18.8. The largest absolute Gasteiger partial charge is 0.505 e. The first-order valence-electron chi connectivity index (χ1n) is 5.33. The Morgan fingerprint density at radius 1 is 1.05 bits per heavy atom. The van der Waals surface area contributed by atoms with Crippen LogP contribution in [0.3, 0.4) is 0 Å². The van der Waals surface area contributed by atoms with Gasteiger partial charge in [0, 0.05) is 0 Å². The van der Waals surface area contributed by atoms with E-state index >= 15 is 0 Å². The van der Waals surface area contributed by atoms with Gasteiger partial charge < -0.3 is 5.11 Å². The Bertz CT molecular complexity index is 659. The van der Waals surface area contributed by atoms with Gasteiger partial charge in [0.25, 0.3) is 0 Å². The smallest absolute Gasteiger partial charge is 0.157 e. The predicted molar refractivity (Wildman–Crippen MR) is 81.2 cm³/mol. The van der Waals surface area contributed by atoms with E-state index in [0.29, 0.717) is 25.9 Å². The highest BCUT2D eigenvalue weighted by Gasteiger charge is 2.06. The second kappa shape index (κ2) is 5.90. The molecule has 2 aromatic carbocycles. The van der Waals surface area contributed by atoms with Crippen molar-refractivity contribution in [2.24, 2.45) is 10.2 Å². The highest BCUT2D eigenvalue weighted by atomic mass is 79.9. The van der Waals surface area contributed by atoms with E-state index in [4.69, 9.17) is 23.2 Å². The molecule has 6 heteroatoms. The molecule has 19 heavy (non-hydrogen) atoms. The van der Waals surface area contributed by atoms with Crippen LogP contribution in [0, 0.1) is 6.92 Å². The van der Waals surface area contributed by atoms with Crippen LogP contribution in [0.2, 0.25) is 10.0 Å². The monoisotopic (exact) mass is 358 g/mol. The van der Waals surface area contributed by atoms with Gasteiger partial charge in [0.1, 0.15) is 5.69 Å². The zero-order valence-electron chi connectivity index (χ0n) is 9.86. The van der Waals surface area contributed by atoms with Crippen molar-refractivity contribution in [2.45, 2.75) is 6.92 Å². The van der Waals surface area contributed by atoms with Gasteiger partial charge in [-0.2, -0.15) is 5.11 Å². The van der Waals surface area contributed by atoms with Gasteiger partial charge in [-0.05, 0) is 58.7 Å².